The van der Waals surface area contributed by atoms with Crippen molar-refractivity contribution in [3.8, 4) is 0 Å². The molecule has 18 heavy (non-hydrogen) atoms. The van der Waals surface area contributed by atoms with Gasteiger partial charge < -0.3 is 15.4 Å². The van der Waals surface area contributed by atoms with Gasteiger partial charge in [0.2, 0.25) is 5.91 Å². The third-order valence-corrected chi connectivity index (χ3v) is 4.34. The molecule has 5 atom stereocenters. The molecule has 0 aromatic carbocycles. The molecule has 5 unspecified atom stereocenters. The minimum Gasteiger partial charge on any atom is -0.372 e. The van der Waals surface area contributed by atoms with E-state index in [1.54, 1.807) is 0 Å². The standard InChI is InChI=1S/C14H26N2O2/c1-9-5-4-6-12(13(9)15)14(17)16-7-10(2)18-11(3)8-16/h9-13H,4-8,15H2,1-3H3. The fourth-order valence-corrected chi connectivity index (χ4v) is 3.32. The molecule has 1 saturated heterocycles. The molecule has 1 aliphatic heterocycles. The maximum atomic E-state index is 12.6. The lowest BCUT2D eigenvalue weighted by Gasteiger charge is -2.40. The Hall–Kier alpha value is -0.610. The van der Waals surface area contributed by atoms with E-state index in [0.717, 1.165) is 19.3 Å². The van der Waals surface area contributed by atoms with Crippen molar-refractivity contribution in [2.45, 2.75) is 58.3 Å². The van der Waals surface area contributed by atoms with E-state index in [2.05, 4.69) is 6.92 Å². The average Bonchev–Trinajstić information content (AvgIpc) is 2.30. The van der Waals surface area contributed by atoms with Crippen molar-refractivity contribution in [2.75, 3.05) is 13.1 Å². The lowest BCUT2D eigenvalue weighted by atomic mass is 9.77. The quantitative estimate of drug-likeness (QED) is 0.769. The summed E-state index contributed by atoms with van der Waals surface area (Å²) in [5.74, 6) is 0.728. The van der Waals surface area contributed by atoms with Crippen LogP contribution in [-0.4, -0.2) is 42.1 Å². The van der Waals surface area contributed by atoms with Crippen molar-refractivity contribution >= 4 is 5.91 Å². The smallest absolute Gasteiger partial charge is 0.227 e. The SMILES string of the molecule is CC1CN(C(=O)C2CCCC(C)C2N)CC(C)O1. The zero-order chi connectivity index (χ0) is 13.3. The Morgan fingerprint density at radius 3 is 2.39 bits per heavy atom. The van der Waals surface area contributed by atoms with Gasteiger partial charge in [-0.1, -0.05) is 13.3 Å². The molecule has 1 heterocycles. The molecule has 4 nitrogen and oxygen atoms in total. The fourth-order valence-electron chi connectivity index (χ4n) is 3.32. The van der Waals surface area contributed by atoms with Crippen LogP contribution in [0.1, 0.15) is 40.0 Å². The molecule has 0 bridgehead atoms. The highest BCUT2D eigenvalue weighted by Crippen LogP contribution is 2.30. The molecule has 0 aromatic rings. The fraction of sp³-hybridized carbons (Fsp3) is 0.929. The number of hydrogen-bond acceptors (Lipinski definition) is 3. The number of rotatable bonds is 1. The van der Waals surface area contributed by atoms with E-state index in [1.165, 1.54) is 0 Å². The van der Waals surface area contributed by atoms with Crippen molar-refractivity contribution < 1.29 is 9.53 Å². The van der Waals surface area contributed by atoms with Crippen LogP contribution in [0.5, 0.6) is 0 Å². The molecule has 2 N–H and O–H groups in total. The second-order valence-corrected chi connectivity index (χ2v) is 6.09. The minimum absolute atomic E-state index is 0.0197. The summed E-state index contributed by atoms with van der Waals surface area (Å²) < 4.78 is 5.68. The molecule has 0 spiro atoms. The van der Waals surface area contributed by atoms with Gasteiger partial charge >= 0.3 is 0 Å². The largest absolute Gasteiger partial charge is 0.372 e. The molecule has 1 aliphatic carbocycles. The van der Waals surface area contributed by atoms with Gasteiger partial charge in [0, 0.05) is 19.1 Å². The summed E-state index contributed by atoms with van der Waals surface area (Å²) in [7, 11) is 0. The van der Waals surface area contributed by atoms with Gasteiger partial charge in [0.1, 0.15) is 0 Å². The maximum absolute atomic E-state index is 12.6. The van der Waals surface area contributed by atoms with Crippen LogP contribution in [0.15, 0.2) is 0 Å². The summed E-state index contributed by atoms with van der Waals surface area (Å²) in [4.78, 5) is 14.6. The molecule has 1 saturated carbocycles. The Bertz CT molecular complexity index is 298. The molecular formula is C14H26N2O2. The number of nitrogens with zero attached hydrogens (tertiary/aromatic N) is 1. The van der Waals surface area contributed by atoms with Gasteiger partial charge in [0.25, 0.3) is 0 Å². The second-order valence-electron chi connectivity index (χ2n) is 6.09. The molecular weight excluding hydrogens is 228 g/mol. The van der Waals surface area contributed by atoms with E-state index >= 15 is 0 Å². The first-order valence-electron chi connectivity index (χ1n) is 7.19. The molecule has 1 amide bonds. The number of amides is 1. The number of ether oxygens (including phenoxy) is 1. The van der Waals surface area contributed by atoms with Gasteiger partial charge in [0.05, 0.1) is 18.1 Å². The number of carbonyl (C=O) groups is 1. The highest BCUT2D eigenvalue weighted by atomic mass is 16.5. The van der Waals surface area contributed by atoms with E-state index in [1.807, 2.05) is 18.7 Å². The lowest BCUT2D eigenvalue weighted by molar-refractivity contribution is -0.149. The zero-order valence-electron chi connectivity index (χ0n) is 11.8. The number of morpholine rings is 1. The van der Waals surface area contributed by atoms with Gasteiger partial charge in [-0.05, 0) is 32.6 Å². The molecule has 0 aromatic heterocycles. The predicted octanol–water partition coefficient (Wildman–Crippen LogP) is 1.39. The monoisotopic (exact) mass is 254 g/mol. The van der Waals surface area contributed by atoms with Crippen LogP contribution in [0.25, 0.3) is 0 Å². The van der Waals surface area contributed by atoms with Crippen LogP contribution < -0.4 is 5.73 Å². The van der Waals surface area contributed by atoms with E-state index in [4.69, 9.17) is 10.5 Å². The van der Waals surface area contributed by atoms with E-state index < -0.39 is 0 Å². The van der Waals surface area contributed by atoms with Crippen LogP contribution >= 0.6 is 0 Å². The maximum Gasteiger partial charge on any atom is 0.227 e. The summed E-state index contributed by atoms with van der Waals surface area (Å²) in [5, 5.41) is 0. The normalized spacial score (nSPS) is 41.8. The van der Waals surface area contributed by atoms with Gasteiger partial charge in [-0.15, -0.1) is 0 Å². The van der Waals surface area contributed by atoms with E-state index in [9.17, 15) is 4.79 Å². The summed E-state index contributed by atoms with van der Waals surface area (Å²) in [6.07, 6.45) is 3.50. The first kappa shape index (κ1) is 13.8. The van der Waals surface area contributed by atoms with Gasteiger partial charge in [0.15, 0.2) is 0 Å². The summed E-state index contributed by atoms with van der Waals surface area (Å²) in [6.45, 7) is 7.63. The highest BCUT2D eigenvalue weighted by Gasteiger charge is 2.37. The zero-order valence-corrected chi connectivity index (χ0v) is 11.8. The van der Waals surface area contributed by atoms with Crippen molar-refractivity contribution in [2.24, 2.45) is 17.6 Å². The number of nitrogens with two attached hydrogens (primary N) is 1. The Balaban J connectivity index is 2.01. The first-order chi connectivity index (χ1) is 8.49. The van der Waals surface area contributed by atoms with Crippen molar-refractivity contribution in [1.82, 2.24) is 4.90 Å². The third kappa shape index (κ3) is 2.86. The van der Waals surface area contributed by atoms with Crippen LogP contribution in [0, 0.1) is 11.8 Å². The average molecular weight is 254 g/mol. The molecule has 2 rings (SSSR count). The summed E-state index contributed by atoms with van der Waals surface area (Å²) in [6, 6.07) is 0.0275. The van der Waals surface area contributed by atoms with Gasteiger partial charge in [-0.2, -0.15) is 0 Å². The van der Waals surface area contributed by atoms with Crippen LogP contribution in [0.3, 0.4) is 0 Å². The number of carbonyl (C=O) groups excluding carboxylic acids is 1. The molecule has 4 heteroatoms. The Kier molecular flexibility index (Phi) is 4.28. The number of hydrogen-bond donors (Lipinski definition) is 1. The summed E-state index contributed by atoms with van der Waals surface area (Å²) in [5.41, 5.74) is 6.22. The Labute approximate surface area is 110 Å². The van der Waals surface area contributed by atoms with Crippen molar-refractivity contribution in [3.63, 3.8) is 0 Å². The molecule has 104 valence electrons. The van der Waals surface area contributed by atoms with E-state index in [0.29, 0.717) is 19.0 Å². The molecule has 2 aliphatic rings. The van der Waals surface area contributed by atoms with Crippen LogP contribution in [0.2, 0.25) is 0 Å². The van der Waals surface area contributed by atoms with Crippen LogP contribution in [-0.2, 0) is 9.53 Å². The predicted molar refractivity (Wildman–Crippen MR) is 71.1 cm³/mol. The van der Waals surface area contributed by atoms with E-state index in [-0.39, 0.29) is 30.1 Å². The van der Waals surface area contributed by atoms with Gasteiger partial charge in [-0.3, -0.25) is 4.79 Å². The Morgan fingerprint density at radius 1 is 1.17 bits per heavy atom. The lowest BCUT2D eigenvalue weighted by Crippen LogP contribution is -2.54. The second kappa shape index (κ2) is 5.57. The van der Waals surface area contributed by atoms with Gasteiger partial charge in [-0.25, -0.2) is 0 Å². The molecule has 2 fully saturated rings. The Morgan fingerprint density at radius 2 is 1.78 bits per heavy atom. The topological polar surface area (TPSA) is 55.6 Å². The minimum atomic E-state index is 0.0197. The highest BCUT2D eigenvalue weighted by molar-refractivity contribution is 5.80. The first-order valence-corrected chi connectivity index (χ1v) is 7.19. The summed E-state index contributed by atoms with van der Waals surface area (Å²) >= 11 is 0. The van der Waals surface area contributed by atoms with Crippen LogP contribution in [0.4, 0.5) is 0 Å². The third-order valence-electron chi connectivity index (χ3n) is 4.34. The molecule has 0 radical (unpaired) electrons. The van der Waals surface area contributed by atoms with Crippen molar-refractivity contribution in [3.05, 3.63) is 0 Å². The van der Waals surface area contributed by atoms with Crippen molar-refractivity contribution in [1.29, 1.82) is 0 Å².